The zero-order valence-corrected chi connectivity index (χ0v) is 15.6. The average molecular weight is 360 g/mol. The van der Waals surface area contributed by atoms with Crippen LogP contribution in [0.2, 0.25) is 0 Å². The number of aliphatic hydroxyl groups is 4. The fourth-order valence-electron chi connectivity index (χ4n) is 0. The lowest BCUT2D eigenvalue weighted by atomic mass is 9.90. The van der Waals surface area contributed by atoms with Crippen LogP contribution in [-0.2, 0) is 0 Å². The second-order valence-electron chi connectivity index (χ2n) is 6.93. The van der Waals surface area contributed by atoms with Gasteiger partial charge in [-0.15, -0.1) is 0 Å². The molecule has 0 amide bonds. The van der Waals surface area contributed by atoms with Crippen LogP contribution in [0, 0.1) is 0 Å². The highest BCUT2D eigenvalue weighted by Gasteiger charge is 2.32. The van der Waals surface area contributed by atoms with Crippen molar-refractivity contribution in [1.29, 1.82) is 0 Å². The first kappa shape index (κ1) is 31.5. The number of hydrogen-bond acceptors (Lipinski definition) is 10. The van der Waals surface area contributed by atoms with E-state index >= 15 is 0 Å². The first-order valence-electron chi connectivity index (χ1n) is 6.94. The molecule has 0 spiro atoms. The summed E-state index contributed by atoms with van der Waals surface area (Å²) >= 11 is 0. The molecule has 0 rings (SSSR count). The van der Waals surface area contributed by atoms with Crippen molar-refractivity contribution in [2.24, 2.45) is 0 Å². The Morgan fingerprint density at radius 2 is 0.417 bits per heavy atom. The topological polar surface area (TPSA) is 202 Å². The first-order chi connectivity index (χ1) is 9.96. The molecule has 0 unspecified atom stereocenters. The van der Waals surface area contributed by atoms with Crippen molar-refractivity contribution >= 4 is 14.6 Å². The van der Waals surface area contributed by atoms with E-state index in [1.807, 2.05) is 0 Å². The lowest BCUT2D eigenvalue weighted by molar-refractivity contribution is -0.107. The summed E-state index contributed by atoms with van der Waals surface area (Å²) in [6, 6.07) is 0. The molecule has 10 N–H and O–H groups in total. The van der Waals surface area contributed by atoms with E-state index in [0.717, 1.165) is 0 Å². The Hall–Kier alpha value is -0.270. The summed E-state index contributed by atoms with van der Waals surface area (Å²) in [5, 5.41) is 79.4. The van der Waals surface area contributed by atoms with Crippen LogP contribution in [0.1, 0.15) is 55.4 Å². The van der Waals surface area contributed by atoms with Gasteiger partial charge in [0.15, 0.2) is 0 Å². The summed E-state index contributed by atoms with van der Waals surface area (Å²) in [5.41, 5.74) is -4.03. The molecule has 0 aliphatic heterocycles. The van der Waals surface area contributed by atoms with Gasteiger partial charge >= 0.3 is 14.6 Å². The third-order valence-corrected chi connectivity index (χ3v) is 2.99. The number of rotatable bonds is 2. The molecule has 0 bridgehead atoms. The van der Waals surface area contributed by atoms with E-state index in [9.17, 15) is 0 Å². The highest BCUT2D eigenvalue weighted by atomic mass is 16.5. The van der Waals surface area contributed by atoms with Crippen molar-refractivity contribution in [3.05, 3.63) is 0 Å². The van der Waals surface area contributed by atoms with Crippen molar-refractivity contribution < 1.29 is 50.6 Å². The molecule has 0 aliphatic carbocycles. The van der Waals surface area contributed by atoms with Crippen LogP contribution < -0.4 is 0 Å². The van der Waals surface area contributed by atoms with Gasteiger partial charge in [-0.3, -0.25) is 0 Å². The second kappa shape index (κ2) is 12.1. The molecule has 0 saturated carbocycles. The van der Waals surface area contributed by atoms with Gasteiger partial charge in [-0.2, -0.15) is 0 Å². The molecule has 0 aromatic carbocycles. The summed E-state index contributed by atoms with van der Waals surface area (Å²) in [6.45, 7) is 12.6. The Labute approximate surface area is 144 Å². The quantitative estimate of drug-likeness (QED) is 0.225. The maximum atomic E-state index is 9.10. The molecule has 0 heterocycles. The summed E-state index contributed by atoms with van der Waals surface area (Å²) in [4.78, 5) is 0. The molecule has 0 atom stereocenters. The van der Waals surface area contributed by atoms with Gasteiger partial charge in [0.2, 0.25) is 0 Å². The molecule has 12 heteroatoms. The van der Waals surface area contributed by atoms with Crippen molar-refractivity contribution in [2.45, 2.75) is 77.8 Å². The van der Waals surface area contributed by atoms with Crippen molar-refractivity contribution in [3.63, 3.8) is 0 Å². The van der Waals surface area contributed by atoms with E-state index < -0.39 is 37.0 Å². The fraction of sp³-hybridized carbons (Fsp3) is 1.00. The van der Waals surface area contributed by atoms with Gasteiger partial charge in [0.25, 0.3) is 0 Å². The third kappa shape index (κ3) is 29.7. The van der Waals surface area contributed by atoms with Crippen molar-refractivity contribution in [1.82, 2.24) is 0 Å². The van der Waals surface area contributed by atoms with Gasteiger partial charge < -0.3 is 50.6 Å². The minimum absolute atomic E-state index is 1.01. The maximum Gasteiger partial charge on any atom is 0.631 e. The molecular formula is C12H34B2O10. The van der Waals surface area contributed by atoms with E-state index in [2.05, 4.69) is 0 Å². The standard InChI is InChI=1S/2C6H14O2.2BH3O3/c2*1-5(2,7)6(3,4)8;2*2-1(3)4/h2*7-8H,1-4H3;2*2-4H. The van der Waals surface area contributed by atoms with Gasteiger partial charge in [0.05, 0.1) is 22.4 Å². The average Bonchev–Trinajstić information content (AvgIpc) is 2.08. The van der Waals surface area contributed by atoms with E-state index in [1.165, 1.54) is 0 Å². The van der Waals surface area contributed by atoms with E-state index in [0.29, 0.717) is 0 Å². The van der Waals surface area contributed by atoms with Crippen LogP contribution in [0.3, 0.4) is 0 Å². The van der Waals surface area contributed by atoms with Gasteiger partial charge in [-0.25, -0.2) is 0 Å². The van der Waals surface area contributed by atoms with E-state index in [-0.39, 0.29) is 0 Å². The molecule has 0 fully saturated rings. The number of hydrogen-bond donors (Lipinski definition) is 10. The molecule has 0 radical (unpaired) electrons. The smallest absolute Gasteiger partial charge is 0.402 e. The summed E-state index contributed by atoms with van der Waals surface area (Å²) < 4.78 is 0. The van der Waals surface area contributed by atoms with E-state index in [1.54, 1.807) is 55.4 Å². The predicted molar refractivity (Wildman–Crippen MR) is 90.0 cm³/mol. The van der Waals surface area contributed by atoms with Gasteiger partial charge in [0, 0.05) is 0 Å². The lowest BCUT2D eigenvalue weighted by Crippen LogP contribution is -2.44. The minimum Gasteiger partial charge on any atom is -0.402 e. The molecule has 10 nitrogen and oxygen atoms in total. The third-order valence-electron chi connectivity index (χ3n) is 2.99. The predicted octanol–water partition coefficient (Wildman–Crippen LogP) is -3.05. The van der Waals surface area contributed by atoms with Crippen LogP contribution in [0.25, 0.3) is 0 Å². The fourth-order valence-corrected chi connectivity index (χ4v) is 0. The minimum atomic E-state index is -2.17. The highest BCUT2D eigenvalue weighted by Crippen LogP contribution is 2.19. The van der Waals surface area contributed by atoms with Crippen LogP contribution in [0.15, 0.2) is 0 Å². The zero-order valence-electron chi connectivity index (χ0n) is 15.6. The Morgan fingerprint density at radius 1 is 0.375 bits per heavy atom. The summed E-state index contributed by atoms with van der Waals surface area (Å²) in [7, 11) is -4.33. The molecule has 0 aliphatic rings. The van der Waals surface area contributed by atoms with Crippen molar-refractivity contribution in [3.8, 4) is 0 Å². The Kier molecular flexibility index (Phi) is 15.9. The largest absolute Gasteiger partial charge is 0.631 e. The molecule has 0 aromatic rings. The van der Waals surface area contributed by atoms with Gasteiger partial charge in [-0.05, 0) is 55.4 Å². The molecule has 148 valence electrons. The first-order valence-corrected chi connectivity index (χ1v) is 6.94. The van der Waals surface area contributed by atoms with Crippen molar-refractivity contribution in [2.75, 3.05) is 0 Å². The van der Waals surface area contributed by atoms with Crippen LogP contribution >= 0.6 is 0 Å². The summed E-state index contributed by atoms with van der Waals surface area (Å²) in [6.07, 6.45) is 0. The molecule has 24 heavy (non-hydrogen) atoms. The maximum absolute atomic E-state index is 9.10. The second-order valence-corrected chi connectivity index (χ2v) is 6.93. The SMILES string of the molecule is CC(C)(O)C(C)(C)O.CC(C)(O)C(C)(C)O.OB(O)O.OB(O)O. The van der Waals surface area contributed by atoms with Gasteiger partial charge in [0.1, 0.15) is 0 Å². The molecule has 0 saturated heterocycles. The lowest BCUT2D eigenvalue weighted by Gasteiger charge is -2.31. The molecule has 0 aromatic heterocycles. The monoisotopic (exact) mass is 360 g/mol. The summed E-state index contributed by atoms with van der Waals surface area (Å²) in [5.74, 6) is 0. The Bertz CT molecular complexity index is 225. The molecular weight excluding hydrogens is 326 g/mol. The normalized spacial score (nSPS) is 11.8. The van der Waals surface area contributed by atoms with Crippen LogP contribution in [-0.4, -0.2) is 87.6 Å². The van der Waals surface area contributed by atoms with Crippen LogP contribution in [0.5, 0.6) is 0 Å². The Balaban J connectivity index is -0.000000117. The van der Waals surface area contributed by atoms with E-state index in [4.69, 9.17) is 50.6 Å². The Morgan fingerprint density at radius 3 is 0.417 bits per heavy atom. The zero-order chi connectivity index (χ0) is 21.2. The highest BCUT2D eigenvalue weighted by molar-refractivity contribution is 6.30. The van der Waals surface area contributed by atoms with Gasteiger partial charge in [-0.1, -0.05) is 0 Å². The van der Waals surface area contributed by atoms with Crippen LogP contribution in [0.4, 0.5) is 0 Å².